The summed E-state index contributed by atoms with van der Waals surface area (Å²) < 4.78 is 18.8. The van der Waals surface area contributed by atoms with Gasteiger partial charge in [0.05, 0.1) is 29.5 Å². The lowest BCUT2D eigenvalue weighted by Crippen LogP contribution is -2.50. The Balaban J connectivity index is 1.76. The van der Waals surface area contributed by atoms with Crippen molar-refractivity contribution in [3.63, 3.8) is 0 Å². The molecule has 3 rings (SSSR count). The topological polar surface area (TPSA) is 70.7 Å². The minimum absolute atomic E-state index is 0.0123. The summed E-state index contributed by atoms with van der Waals surface area (Å²) in [4.78, 5) is 26.1. The standard InChI is InChI=1S/C18H17ClFN3O3/c1-21-18(25)16-9-23(14-4-2-3-5-15(14)26-16)10-17(24)22-13-7-6-11(20)8-12(13)19/h2-8,16H,9-10H2,1H3,(H,21,25)(H,22,24). The lowest BCUT2D eigenvalue weighted by Gasteiger charge is -2.35. The summed E-state index contributed by atoms with van der Waals surface area (Å²) in [6.07, 6.45) is -0.725. The number of amides is 2. The first-order valence-corrected chi connectivity index (χ1v) is 8.33. The number of nitrogens with one attached hydrogen (secondary N) is 2. The number of likely N-dealkylation sites (N-methyl/N-ethyl adjacent to an activating group) is 1. The molecule has 1 aliphatic heterocycles. The quantitative estimate of drug-likeness (QED) is 0.858. The van der Waals surface area contributed by atoms with Crippen molar-refractivity contribution >= 4 is 34.8 Å². The normalized spacial score (nSPS) is 15.7. The van der Waals surface area contributed by atoms with Crippen molar-refractivity contribution in [1.82, 2.24) is 5.32 Å². The van der Waals surface area contributed by atoms with Crippen LogP contribution < -0.4 is 20.3 Å². The molecule has 0 bridgehead atoms. The van der Waals surface area contributed by atoms with Crippen molar-refractivity contribution in [2.45, 2.75) is 6.10 Å². The third kappa shape index (κ3) is 3.88. The maximum atomic E-state index is 13.1. The van der Waals surface area contributed by atoms with E-state index >= 15 is 0 Å². The predicted molar refractivity (Wildman–Crippen MR) is 97.2 cm³/mol. The van der Waals surface area contributed by atoms with Gasteiger partial charge in [-0.25, -0.2) is 4.39 Å². The molecule has 1 aliphatic rings. The molecule has 0 spiro atoms. The first-order chi connectivity index (χ1) is 12.5. The Morgan fingerprint density at radius 2 is 2.08 bits per heavy atom. The molecule has 0 fully saturated rings. The molecule has 6 nitrogen and oxygen atoms in total. The lowest BCUT2D eigenvalue weighted by atomic mass is 10.1. The smallest absolute Gasteiger partial charge is 0.262 e. The van der Waals surface area contributed by atoms with E-state index in [0.29, 0.717) is 17.1 Å². The zero-order valence-electron chi connectivity index (χ0n) is 14.0. The molecule has 0 saturated carbocycles. The average molecular weight is 378 g/mol. The molecular weight excluding hydrogens is 361 g/mol. The van der Waals surface area contributed by atoms with Gasteiger partial charge in [0.2, 0.25) is 5.91 Å². The Morgan fingerprint density at radius 1 is 1.31 bits per heavy atom. The lowest BCUT2D eigenvalue weighted by molar-refractivity contribution is -0.127. The maximum absolute atomic E-state index is 13.1. The fraction of sp³-hybridized carbons (Fsp3) is 0.222. The second kappa shape index (κ2) is 7.61. The van der Waals surface area contributed by atoms with Crippen LogP contribution in [-0.2, 0) is 9.59 Å². The zero-order valence-corrected chi connectivity index (χ0v) is 14.7. The van der Waals surface area contributed by atoms with Gasteiger partial charge in [0, 0.05) is 7.05 Å². The maximum Gasteiger partial charge on any atom is 0.262 e. The van der Waals surface area contributed by atoms with Gasteiger partial charge in [0.1, 0.15) is 11.6 Å². The van der Waals surface area contributed by atoms with Gasteiger partial charge in [-0.15, -0.1) is 0 Å². The molecule has 2 amide bonds. The van der Waals surface area contributed by atoms with Crippen molar-refractivity contribution < 1.29 is 18.7 Å². The molecule has 1 unspecified atom stereocenters. The molecule has 0 radical (unpaired) electrons. The molecule has 1 atom stereocenters. The number of hydrogen-bond donors (Lipinski definition) is 2. The summed E-state index contributed by atoms with van der Waals surface area (Å²) in [6.45, 7) is 0.211. The molecule has 0 aromatic heterocycles. The van der Waals surface area contributed by atoms with Gasteiger partial charge in [0.25, 0.3) is 5.91 Å². The van der Waals surface area contributed by atoms with Gasteiger partial charge in [-0.3, -0.25) is 9.59 Å². The van der Waals surface area contributed by atoms with Gasteiger partial charge in [-0.2, -0.15) is 0 Å². The summed E-state index contributed by atoms with van der Waals surface area (Å²) in [6, 6.07) is 10.9. The van der Waals surface area contributed by atoms with E-state index in [4.69, 9.17) is 16.3 Å². The van der Waals surface area contributed by atoms with Crippen molar-refractivity contribution in [1.29, 1.82) is 0 Å². The molecule has 1 heterocycles. The van der Waals surface area contributed by atoms with E-state index in [1.807, 2.05) is 12.1 Å². The summed E-state index contributed by atoms with van der Waals surface area (Å²) in [7, 11) is 1.53. The Hall–Kier alpha value is -2.80. The number of rotatable bonds is 4. The second-order valence-electron chi connectivity index (χ2n) is 5.74. The monoisotopic (exact) mass is 377 g/mol. The molecule has 0 saturated heterocycles. The van der Waals surface area contributed by atoms with E-state index in [0.717, 1.165) is 6.07 Å². The summed E-state index contributed by atoms with van der Waals surface area (Å²) in [5.74, 6) is -0.569. The van der Waals surface area contributed by atoms with E-state index in [-0.39, 0.29) is 29.9 Å². The highest BCUT2D eigenvalue weighted by Crippen LogP contribution is 2.33. The molecule has 0 aliphatic carbocycles. The number of carbonyl (C=O) groups excluding carboxylic acids is 2. The van der Waals surface area contributed by atoms with Crippen LogP contribution >= 0.6 is 11.6 Å². The first kappa shape index (κ1) is 18.0. The number of nitrogens with zero attached hydrogens (tertiary/aromatic N) is 1. The highest BCUT2D eigenvalue weighted by molar-refractivity contribution is 6.33. The summed E-state index contributed by atoms with van der Waals surface area (Å²) in [5, 5.41) is 5.32. The van der Waals surface area contributed by atoms with Crippen LogP contribution in [0.2, 0.25) is 5.02 Å². The Bertz CT molecular complexity index is 846. The molecule has 26 heavy (non-hydrogen) atoms. The van der Waals surface area contributed by atoms with Crippen LogP contribution in [0, 0.1) is 5.82 Å². The van der Waals surface area contributed by atoms with Crippen LogP contribution in [-0.4, -0.2) is 38.1 Å². The van der Waals surface area contributed by atoms with Crippen LogP contribution in [0.15, 0.2) is 42.5 Å². The van der Waals surface area contributed by atoms with Crippen molar-refractivity contribution in [2.24, 2.45) is 0 Å². The van der Waals surface area contributed by atoms with E-state index in [1.54, 1.807) is 17.0 Å². The third-order valence-electron chi connectivity index (χ3n) is 3.94. The average Bonchev–Trinajstić information content (AvgIpc) is 2.63. The Kier molecular flexibility index (Phi) is 5.27. The van der Waals surface area contributed by atoms with Crippen LogP contribution in [0.4, 0.5) is 15.8 Å². The Morgan fingerprint density at radius 3 is 2.81 bits per heavy atom. The minimum Gasteiger partial charge on any atom is -0.477 e. The number of hydrogen-bond acceptors (Lipinski definition) is 4. The molecule has 136 valence electrons. The highest BCUT2D eigenvalue weighted by atomic mass is 35.5. The van der Waals surface area contributed by atoms with Crippen molar-refractivity contribution in [3.8, 4) is 5.75 Å². The van der Waals surface area contributed by atoms with Gasteiger partial charge in [-0.05, 0) is 30.3 Å². The first-order valence-electron chi connectivity index (χ1n) is 7.95. The molecule has 2 N–H and O–H groups in total. The number of halogens is 2. The number of anilines is 2. The third-order valence-corrected chi connectivity index (χ3v) is 4.25. The van der Waals surface area contributed by atoms with E-state index < -0.39 is 11.9 Å². The largest absolute Gasteiger partial charge is 0.477 e. The number of ether oxygens (including phenoxy) is 1. The summed E-state index contributed by atoms with van der Waals surface area (Å²) >= 11 is 5.94. The number of para-hydroxylation sites is 2. The van der Waals surface area contributed by atoms with Crippen LogP contribution in [0.25, 0.3) is 0 Å². The van der Waals surface area contributed by atoms with Gasteiger partial charge < -0.3 is 20.3 Å². The number of benzene rings is 2. The SMILES string of the molecule is CNC(=O)C1CN(CC(=O)Nc2ccc(F)cc2Cl)c2ccccc2O1. The van der Waals surface area contributed by atoms with Crippen LogP contribution in [0.5, 0.6) is 5.75 Å². The van der Waals surface area contributed by atoms with Gasteiger partial charge in [0.15, 0.2) is 6.10 Å². The predicted octanol–water partition coefficient (Wildman–Crippen LogP) is 2.43. The van der Waals surface area contributed by atoms with Crippen molar-refractivity contribution in [2.75, 3.05) is 30.4 Å². The second-order valence-corrected chi connectivity index (χ2v) is 6.15. The summed E-state index contributed by atoms with van der Waals surface area (Å²) in [5.41, 5.74) is 1.04. The van der Waals surface area contributed by atoms with Crippen LogP contribution in [0.1, 0.15) is 0 Å². The highest BCUT2D eigenvalue weighted by Gasteiger charge is 2.31. The van der Waals surface area contributed by atoms with Crippen molar-refractivity contribution in [3.05, 3.63) is 53.3 Å². The van der Waals surface area contributed by atoms with E-state index in [2.05, 4.69) is 10.6 Å². The number of fused-ring (bicyclic) bond motifs is 1. The molecular formula is C18H17ClFN3O3. The fourth-order valence-electron chi connectivity index (χ4n) is 2.71. The zero-order chi connectivity index (χ0) is 18.7. The minimum atomic E-state index is -0.725. The molecule has 2 aromatic rings. The number of carbonyl (C=O) groups is 2. The fourth-order valence-corrected chi connectivity index (χ4v) is 2.92. The Labute approximate surface area is 154 Å². The van der Waals surface area contributed by atoms with E-state index in [1.165, 1.54) is 19.2 Å². The van der Waals surface area contributed by atoms with Crippen LogP contribution in [0.3, 0.4) is 0 Å². The van der Waals surface area contributed by atoms with E-state index in [9.17, 15) is 14.0 Å². The molecule has 2 aromatic carbocycles. The molecule has 8 heteroatoms. The van der Waals surface area contributed by atoms with Gasteiger partial charge >= 0.3 is 0 Å². The van der Waals surface area contributed by atoms with Gasteiger partial charge in [-0.1, -0.05) is 23.7 Å².